The SMILES string of the molecule is CC1(C)c2ccccc2Oc2ccc(N(c3cccc(C4(C5C=CC=CC5)c5ccccc5-c5ccccc54)c3)c3cccc4c3c3ccccc3n4-c3ccccc3)cc21. The zero-order valence-corrected chi connectivity index (χ0v) is 34.3. The molecule has 1 atom stereocenters. The molecule has 0 N–H and O–H groups in total. The lowest BCUT2D eigenvalue weighted by Gasteiger charge is -2.40. The summed E-state index contributed by atoms with van der Waals surface area (Å²) in [5, 5.41) is 2.42. The predicted octanol–water partition coefficient (Wildman–Crippen LogP) is 15.1. The minimum Gasteiger partial charge on any atom is -0.457 e. The van der Waals surface area contributed by atoms with Crippen molar-refractivity contribution in [1.29, 1.82) is 0 Å². The molecule has 8 aromatic carbocycles. The molecular formula is C58H44N2O. The van der Waals surface area contributed by atoms with Crippen molar-refractivity contribution in [3.8, 4) is 28.3 Å². The second-order valence-corrected chi connectivity index (χ2v) is 17.2. The summed E-state index contributed by atoms with van der Waals surface area (Å²) in [5.41, 5.74) is 15.1. The summed E-state index contributed by atoms with van der Waals surface area (Å²) in [7, 11) is 0. The molecule has 1 unspecified atom stereocenters. The molecule has 0 radical (unpaired) electrons. The van der Waals surface area contributed by atoms with Gasteiger partial charge in [0.2, 0.25) is 0 Å². The monoisotopic (exact) mass is 784 g/mol. The van der Waals surface area contributed by atoms with Crippen molar-refractivity contribution in [2.24, 2.45) is 5.92 Å². The zero-order valence-electron chi connectivity index (χ0n) is 34.3. The topological polar surface area (TPSA) is 17.4 Å². The van der Waals surface area contributed by atoms with Gasteiger partial charge in [0, 0.05) is 44.4 Å². The fraction of sp³-hybridized carbons (Fsp3) is 0.103. The molecule has 1 aliphatic heterocycles. The number of benzene rings is 8. The van der Waals surface area contributed by atoms with E-state index in [1.54, 1.807) is 0 Å². The molecule has 0 saturated carbocycles. The normalized spacial score (nSPS) is 16.4. The lowest BCUT2D eigenvalue weighted by molar-refractivity contribution is 0.418. The quantitative estimate of drug-likeness (QED) is 0.167. The van der Waals surface area contributed by atoms with Gasteiger partial charge in [-0.25, -0.2) is 0 Å². The first-order chi connectivity index (χ1) is 30.0. The second kappa shape index (κ2) is 13.6. The minimum absolute atomic E-state index is 0.222. The molecule has 3 heteroatoms. The fourth-order valence-corrected chi connectivity index (χ4v) is 11.0. The van der Waals surface area contributed by atoms with Crippen LogP contribution in [-0.4, -0.2) is 4.57 Å². The van der Waals surface area contributed by atoms with E-state index in [4.69, 9.17) is 4.74 Å². The first kappa shape index (κ1) is 35.6. The molecule has 3 nitrogen and oxygen atoms in total. The lowest BCUT2D eigenvalue weighted by atomic mass is 9.62. The molecule has 292 valence electrons. The van der Waals surface area contributed by atoms with Crippen LogP contribution in [0.15, 0.2) is 212 Å². The van der Waals surface area contributed by atoms with Crippen LogP contribution in [0.2, 0.25) is 0 Å². The summed E-state index contributed by atoms with van der Waals surface area (Å²) >= 11 is 0. The van der Waals surface area contributed by atoms with Gasteiger partial charge < -0.3 is 14.2 Å². The van der Waals surface area contributed by atoms with Crippen molar-refractivity contribution >= 4 is 38.9 Å². The third-order valence-corrected chi connectivity index (χ3v) is 13.7. The summed E-state index contributed by atoms with van der Waals surface area (Å²) in [4.78, 5) is 2.50. The number of fused-ring (bicyclic) bond motifs is 8. The molecular weight excluding hydrogens is 741 g/mol. The largest absolute Gasteiger partial charge is 0.457 e. The summed E-state index contributed by atoms with van der Waals surface area (Å²) in [6, 6.07) is 69.2. The molecule has 9 aromatic rings. The maximum atomic E-state index is 6.64. The lowest BCUT2D eigenvalue weighted by Crippen LogP contribution is -2.35. The Morgan fingerprint density at radius 1 is 0.541 bits per heavy atom. The van der Waals surface area contributed by atoms with Gasteiger partial charge in [-0.1, -0.05) is 159 Å². The molecule has 0 amide bonds. The van der Waals surface area contributed by atoms with Crippen LogP contribution in [0.3, 0.4) is 0 Å². The Balaban J connectivity index is 1.14. The van der Waals surface area contributed by atoms with E-state index >= 15 is 0 Å². The van der Waals surface area contributed by atoms with Crippen molar-refractivity contribution in [2.75, 3.05) is 4.90 Å². The second-order valence-electron chi connectivity index (χ2n) is 17.2. The number of para-hydroxylation sites is 3. The van der Waals surface area contributed by atoms with Crippen LogP contribution >= 0.6 is 0 Å². The molecule has 2 aliphatic carbocycles. The fourth-order valence-electron chi connectivity index (χ4n) is 11.0. The highest BCUT2D eigenvalue weighted by Gasteiger charge is 2.49. The number of hydrogen-bond donors (Lipinski definition) is 0. The number of nitrogens with zero attached hydrogens (tertiary/aromatic N) is 2. The third kappa shape index (κ3) is 5.17. The van der Waals surface area contributed by atoms with Crippen LogP contribution < -0.4 is 9.64 Å². The van der Waals surface area contributed by atoms with Crippen molar-refractivity contribution in [3.63, 3.8) is 0 Å². The van der Waals surface area contributed by atoms with Gasteiger partial charge in [0.15, 0.2) is 0 Å². The Hall–Kier alpha value is -7.36. The van der Waals surface area contributed by atoms with Crippen molar-refractivity contribution in [3.05, 3.63) is 240 Å². The summed E-state index contributed by atoms with van der Waals surface area (Å²) in [6.07, 6.45) is 10.2. The van der Waals surface area contributed by atoms with Crippen molar-refractivity contribution in [1.82, 2.24) is 4.57 Å². The Morgan fingerprint density at radius 3 is 1.98 bits per heavy atom. The Morgan fingerprint density at radius 2 is 1.20 bits per heavy atom. The van der Waals surface area contributed by atoms with Gasteiger partial charge in [-0.15, -0.1) is 0 Å². The van der Waals surface area contributed by atoms with Crippen molar-refractivity contribution < 1.29 is 4.74 Å². The molecule has 2 heterocycles. The van der Waals surface area contributed by atoms with Crippen LogP contribution in [0.1, 0.15) is 48.1 Å². The molecule has 61 heavy (non-hydrogen) atoms. The predicted molar refractivity (Wildman–Crippen MR) is 252 cm³/mol. The number of allylic oxidation sites excluding steroid dienone is 4. The van der Waals surface area contributed by atoms with E-state index in [0.717, 1.165) is 51.7 Å². The van der Waals surface area contributed by atoms with Crippen LogP contribution in [0.25, 0.3) is 38.6 Å². The Kier molecular flexibility index (Phi) is 7.92. The van der Waals surface area contributed by atoms with Gasteiger partial charge in [-0.2, -0.15) is 0 Å². The average molecular weight is 785 g/mol. The molecule has 12 rings (SSSR count). The number of ether oxygens (including phenoxy) is 1. The molecule has 1 aromatic heterocycles. The van der Waals surface area contributed by atoms with Gasteiger partial charge in [-0.05, 0) is 107 Å². The number of hydrogen-bond acceptors (Lipinski definition) is 2. The van der Waals surface area contributed by atoms with Gasteiger partial charge in [-0.3, -0.25) is 0 Å². The van der Waals surface area contributed by atoms with E-state index in [9.17, 15) is 0 Å². The standard InChI is InChI=1S/C58H44N2O/c1-57(2)49-30-14-16-34-54(49)61-55-36-35-43(38-50(55)57)59(52-32-18-33-53-56(52)46-27-11-15-31-51(46)60(53)41-22-7-4-8-23-41)42-24-17-21-40(37-42)58(39-19-5-3-6-20-39)47-28-12-9-25-44(47)45-26-10-13-29-48(45)58/h3-19,21-39H,20H2,1-2H3. The van der Waals surface area contributed by atoms with E-state index in [1.165, 1.54) is 49.7 Å². The number of aromatic nitrogens is 1. The van der Waals surface area contributed by atoms with Crippen LogP contribution in [0.4, 0.5) is 17.1 Å². The van der Waals surface area contributed by atoms with Crippen LogP contribution in [0, 0.1) is 5.92 Å². The highest BCUT2D eigenvalue weighted by Crippen LogP contribution is 2.59. The number of rotatable bonds is 6. The Bertz CT molecular complexity index is 3210. The van der Waals surface area contributed by atoms with Crippen molar-refractivity contribution in [2.45, 2.75) is 31.1 Å². The first-order valence-corrected chi connectivity index (χ1v) is 21.5. The molecule has 0 spiro atoms. The summed E-state index contributed by atoms with van der Waals surface area (Å²) in [5.74, 6) is 2.04. The Labute approximate surface area is 357 Å². The van der Waals surface area contributed by atoms with E-state index < -0.39 is 5.41 Å². The van der Waals surface area contributed by atoms with E-state index in [2.05, 4.69) is 236 Å². The minimum atomic E-state index is -0.402. The molecule has 0 fully saturated rings. The van der Waals surface area contributed by atoms with Crippen LogP contribution in [0.5, 0.6) is 11.5 Å². The maximum absolute atomic E-state index is 6.64. The number of anilines is 3. The molecule has 3 aliphatic rings. The zero-order chi connectivity index (χ0) is 40.7. The van der Waals surface area contributed by atoms with Gasteiger partial charge in [0.25, 0.3) is 0 Å². The van der Waals surface area contributed by atoms with Crippen LogP contribution in [-0.2, 0) is 10.8 Å². The third-order valence-electron chi connectivity index (χ3n) is 13.7. The highest BCUT2D eigenvalue weighted by atomic mass is 16.5. The smallest absolute Gasteiger partial charge is 0.131 e. The van der Waals surface area contributed by atoms with Gasteiger partial charge in [0.1, 0.15) is 11.5 Å². The summed E-state index contributed by atoms with van der Waals surface area (Å²) < 4.78 is 9.05. The molecule has 0 bridgehead atoms. The first-order valence-electron chi connectivity index (χ1n) is 21.5. The molecule has 0 saturated heterocycles. The van der Waals surface area contributed by atoms with E-state index in [0.29, 0.717) is 0 Å². The van der Waals surface area contributed by atoms with E-state index in [1.807, 2.05) is 0 Å². The summed E-state index contributed by atoms with van der Waals surface area (Å²) in [6.45, 7) is 4.64. The maximum Gasteiger partial charge on any atom is 0.131 e. The average Bonchev–Trinajstić information content (AvgIpc) is 3.82. The van der Waals surface area contributed by atoms with Gasteiger partial charge >= 0.3 is 0 Å². The van der Waals surface area contributed by atoms with Gasteiger partial charge in [0.05, 0.1) is 22.1 Å². The van der Waals surface area contributed by atoms with E-state index in [-0.39, 0.29) is 11.3 Å². The highest BCUT2D eigenvalue weighted by molar-refractivity contribution is 6.16.